The second-order valence-electron chi connectivity index (χ2n) is 3.36. The number of anilines is 2. The molecule has 0 aliphatic rings. The number of aromatic amines is 1. The number of urea groups is 2. The highest BCUT2D eigenvalue weighted by Crippen LogP contribution is 2.21. The summed E-state index contributed by atoms with van der Waals surface area (Å²) in [4.78, 5) is 36.3. The van der Waals surface area contributed by atoms with Gasteiger partial charge in [0.25, 0.3) is 5.95 Å². The fraction of sp³-hybridized carbons (Fsp3) is 0. The molecule has 0 aromatic carbocycles. The summed E-state index contributed by atoms with van der Waals surface area (Å²) >= 11 is 0. The van der Waals surface area contributed by atoms with Crippen LogP contribution in [-0.2, 0) is 0 Å². The van der Waals surface area contributed by atoms with E-state index in [0.717, 1.165) is 0 Å². The summed E-state index contributed by atoms with van der Waals surface area (Å²) in [5.41, 5.74) is 10.4. The van der Waals surface area contributed by atoms with E-state index in [1.54, 1.807) is 0 Å². The van der Waals surface area contributed by atoms with Gasteiger partial charge in [-0.25, -0.2) is 31.3 Å². The van der Waals surface area contributed by atoms with Crippen LogP contribution in [0, 0.1) is 0 Å². The Morgan fingerprint density at radius 1 is 1.11 bits per heavy atom. The number of amides is 4. The number of primary amides is 2. The normalized spacial score (nSPS) is 10.4. The van der Waals surface area contributed by atoms with Crippen molar-refractivity contribution in [2.24, 2.45) is 23.2 Å². The van der Waals surface area contributed by atoms with Gasteiger partial charge < -0.3 is 16.5 Å². The second kappa shape index (κ2) is 4.35. The fourth-order valence-corrected chi connectivity index (χ4v) is 1.29. The summed E-state index contributed by atoms with van der Waals surface area (Å²) in [6, 6.07) is -1.97. The lowest BCUT2D eigenvalue weighted by Crippen LogP contribution is -2.45. The first-order valence-electron chi connectivity index (χ1n) is 4.81. The molecule has 2 aromatic heterocycles. The third-order valence-corrected chi connectivity index (χ3v) is 2.17. The van der Waals surface area contributed by atoms with E-state index in [9.17, 15) is 9.59 Å². The lowest BCUT2D eigenvalue weighted by Gasteiger charge is -2.16. The van der Waals surface area contributed by atoms with Gasteiger partial charge in [-0.15, -0.1) is 0 Å². The van der Waals surface area contributed by atoms with Crippen molar-refractivity contribution in [3.05, 3.63) is 6.33 Å². The number of hydrogen-bond acceptors (Lipinski definition) is 7. The van der Waals surface area contributed by atoms with E-state index >= 15 is 0 Å². The molecule has 12 nitrogen and oxygen atoms in total. The Balaban J connectivity index is 2.64. The Kier molecular flexibility index (Phi) is 2.86. The molecule has 9 N–H and O–H groups in total. The van der Waals surface area contributed by atoms with Gasteiger partial charge in [0.2, 0.25) is 0 Å². The van der Waals surface area contributed by atoms with Gasteiger partial charge in [-0.2, -0.15) is 15.0 Å². The molecular weight excluding hydrogens is 256 g/mol. The third-order valence-electron chi connectivity index (χ3n) is 2.17. The summed E-state index contributed by atoms with van der Waals surface area (Å²) in [6.07, 6.45) is 1.30. The van der Waals surface area contributed by atoms with Crippen LogP contribution in [0.25, 0.3) is 11.2 Å². The standard InChI is InChI=1S/C7H10N10O2/c8-5(18)16(10)4-2-3(13-1-12-2)14-7(15-4)17(11)6(9)19/h1H,10-11H2,(H2,8,18)(H2,9,19)(H,12,13,14,15). The average Bonchev–Trinajstić information content (AvgIpc) is 2.83. The van der Waals surface area contributed by atoms with Crippen LogP contribution in [0.5, 0.6) is 0 Å². The molecule has 0 saturated carbocycles. The Hall–Kier alpha value is -2.99. The van der Waals surface area contributed by atoms with Crippen LogP contribution >= 0.6 is 0 Å². The molecule has 4 amide bonds. The van der Waals surface area contributed by atoms with Crippen LogP contribution in [0.15, 0.2) is 6.33 Å². The highest BCUT2D eigenvalue weighted by atomic mass is 16.2. The molecule has 0 radical (unpaired) electrons. The van der Waals surface area contributed by atoms with Gasteiger partial charge in [-0.05, 0) is 0 Å². The number of nitrogens with one attached hydrogen (secondary N) is 1. The van der Waals surface area contributed by atoms with Crippen molar-refractivity contribution in [2.45, 2.75) is 0 Å². The second-order valence-corrected chi connectivity index (χ2v) is 3.36. The molecule has 0 saturated heterocycles. The molecule has 2 aromatic rings. The third kappa shape index (κ3) is 2.07. The van der Waals surface area contributed by atoms with Gasteiger partial charge in [0.15, 0.2) is 11.5 Å². The van der Waals surface area contributed by atoms with Crippen molar-refractivity contribution < 1.29 is 9.59 Å². The topological polar surface area (TPSA) is 199 Å². The quantitative estimate of drug-likeness (QED) is 0.232. The van der Waals surface area contributed by atoms with Gasteiger partial charge >= 0.3 is 12.1 Å². The molecule has 0 atom stereocenters. The zero-order chi connectivity index (χ0) is 14.2. The summed E-state index contributed by atoms with van der Waals surface area (Å²) < 4.78 is 0. The van der Waals surface area contributed by atoms with E-state index in [0.29, 0.717) is 10.0 Å². The maximum atomic E-state index is 11.1. The highest BCUT2D eigenvalue weighted by molar-refractivity contribution is 5.97. The minimum atomic E-state index is -0.997. The van der Waals surface area contributed by atoms with Crippen molar-refractivity contribution in [3.63, 3.8) is 0 Å². The zero-order valence-electron chi connectivity index (χ0n) is 9.44. The van der Waals surface area contributed by atoms with Crippen molar-refractivity contribution in [3.8, 4) is 0 Å². The van der Waals surface area contributed by atoms with Gasteiger partial charge in [0, 0.05) is 0 Å². The summed E-state index contributed by atoms with van der Waals surface area (Å²) in [6.45, 7) is 0. The number of fused-ring (bicyclic) bond motifs is 1. The Morgan fingerprint density at radius 3 is 2.32 bits per heavy atom. The lowest BCUT2D eigenvalue weighted by molar-refractivity contribution is 0.253. The molecule has 0 spiro atoms. The van der Waals surface area contributed by atoms with Crippen molar-refractivity contribution >= 4 is 35.0 Å². The van der Waals surface area contributed by atoms with Gasteiger partial charge in [0.05, 0.1) is 6.33 Å². The molecule has 100 valence electrons. The predicted molar refractivity (Wildman–Crippen MR) is 64.2 cm³/mol. The van der Waals surface area contributed by atoms with E-state index in [-0.39, 0.29) is 22.9 Å². The molecule has 0 aliphatic heterocycles. The minimum absolute atomic E-state index is 0.0956. The molecule has 0 fully saturated rings. The van der Waals surface area contributed by atoms with Crippen LogP contribution in [0.1, 0.15) is 0 Å². The highest BCUT2D eigenvalue weighted by Gasteiger charge is 2.20. The summed E-state index contributed by atoms with van der Waals surface area (Å²) in [5, 5.41) is 1.03. The first kappa shape index (κ1) is 12.5. The number of carbonyl (C=O) groups excluding carboxylic acids is 2. The molecule has 0 bridgehead atoms. The first-order chi connectivity index (χ1) is 8.91. The maximum Gasteiger partial charge on any atom is 0.336 e. The van der Waals surface area contributed by atoms with E-state index < -0.39 is 12.1 Å². The number of rotatable bonds is 2. The smallest absolute Gasteiger partial charge is 0.336 e. The van der Waals surface area contributed by atoms with Crippen LogP contribution < -0.4 is 33.2 Å². The molecule has 0 aliphatic carbocycles. The fourth-order valence-electron chi connectivity index (χ4n) is 1.29. The summed E-state index contributed by atoms with van der Waals surface area (Å²) in [7, 11) is 0. The van der Waals surface area contributed by atoms with Crippen LogP contribution in [0.4, 0.5) is 21.4 Å². The van der Waals surface area contributed by atoms with Gasteiger partial charge in [0.1, 0.15) is 5.52 Å². The van der Waals surface area contributed by atoms with Crippen molar-refractivity contribution in [1.82, 2.24) is 19.9 Å². The molecular formula is C7H10N10O2. The maximum absolute atomic E-state index is 11.1. The summed E-state index contributed by atoms with van der Waals surface area (Å²) in [5.74, 6) is 10.4. The van der Waals surface area contributed by atoms with E-state index in [1.807, 2.05) is 0 Å². The number of H-pyrrole nitrogens is 1. The predicted octanol–water partition coefficient (Wildman–Crippen LogP) is -2.13. The number of hydrazine groups is 2. The monoisotopic (exact) mass is 266 g/mol. The number of aromatic nitrogens is 4. The van der Waals surface area contributed by atoms with E-state index in [4.69, 9.17) is 23.2 Å². The number of nitrogens with zero attached hydrogens (tertiary/aromatic N) is 5. The zero-order valence-corrected chi connectivity index (χ0v) is 9.44. The number of carbonyl (C=O) groups is 2. The minimum Gasteiger partial charge on any atom is -0.350 e. The van der Waals surface area contributed by atoms with E-state index in [2.05, 4.69) is 19.9 Å². The largest absolute Gasteiger partial charge is 0.350 e. The molecule has 19 heavy (non-hydrogen) atoms. The average molecular weight is 266 g/mol. The lowest BCUT2D eigenvalue weighted by atomic mass is 10.5. The van der Waals surface area contributed by atoms with Crippen molar-refractivity contribution in [1.29, 1.82) is 0 Å². The molecule has 12 heteroatoms. The Morgan fingerprint density at radius 2 is 1.74 bits per heavy atom. The Labute approximate surface area is 105 Å². The van der Waals surface area contributed by atoms with E-state index in [1.165, 1.54) is 6.33 Å². The van der Waals surface area contributed by atoms with Crippen LogP contribution in [-0.4, -0.2) is 32.0 Å². The molecule has 2 rings (SSSR count). The van der Waals surface area contributed by atoms with Crippen LogP contribution in [0.3, 0.4) is 0 Å². The number of hydrogen-bond donors (Lipinski definition) is 5. The van der Waals surface area contributed by atoms with Crippen LogP contribution in [0.2, 0.25) is 0 Å². The Bertz CT molecular complexity index is 650. The number of imidazole rings is 1. The molecule has 2 heterocycles. The van der Waals surface area contributed by atoms with Gasteiger partial charge in [-0.3, -0.25) is 0 Å². The molecule has 0 unspecified atom stereocenters. The number of nitrogens with two attached hydrogens (primary N) is 4. The van der Waals surface area contributed by atoms with Gasteiger partial charge in [-0.1, -0.05) is 0 Å². The SMILES string of the molecule is NC(=O)N(N)c1nc(N(N)C(N)=O)c2[nH]cnc2n1. The van der Waals surface area contributed by atoms with Crippen molar-refractivity contribution in [2.75, 3.05) is 10.0 Å². The first-order valence-corrected chi connectivity index (χ1v) is 4.81.